The molecule has 3 aliphatic heterocycles. The van der Waals surface area contributed by atoms with Crippen molar-refractivity contribution in [3.8, 4) is 6.07 Å². The largest absolute Gasteiger partial charge is 0.456 e. The Morgan fingerprint density at radius 2 is 1.62 bits per heavy atom. The number of fused-ring (bicyclic) bond motifs is 3. The molecule has 1 spiro atoms. The number of hydrogen-bond donors (Lipinski definition) is 1. The lowest BCUT2D eigenvalue weighted by atomic mass is 9.67. The third-order valence-electron chi connectivity index (χ3n) is 6.97. The number of carbonyl (C=O) groups excluding carboxylic acids is 2. The zero-order valence-corrected chi connectivity index (χ0v) is 19.2. The standard InChI is InChI=1S/C28H18F2N4O3/c29-17-7-5-16(6-8-17)14-33-22-4-2-1-3-20(22)28(27(33)36)21(13-31)25(32)34(19-11-9-18(30)10-12-19)23-15-37-26(35)24(23)28/h1-12H,14-15,32H2. The minimum atomic E-state index is -1.82. The van der Waals surface area contributed by atoms with Crippen LogP contribution in [0, 0.1) is 23.0 Å². The molecule has 3 aromatic rings. The van der Waals surface area contributed by atoms with Gasteiger partial charge < -0.3 is 15.4 Å². The molecule has 1 amide bonds. The summed E-state index contributed by atoms with van der Waals surface area (Å²) in [6, 6.07) is 20.1. The van der Waals surface area contributed by atoms with E-state index < -0.39 is 28.9 Å². The molecule has 0 bridgehead atoms. The van der Waals surface area contributed by atoms with Gasteiger partial charge in [0.25, 0.3) is 0 Å². The van der Waals surface area contributed by atoms with Gasteiger partial charge >= 0.3 is 5.97 Å². The van der Waals surface area contributed by atoms with Crippen LogP contribution in [0.15, 0.2) is 95.5 Å². The van der Waals surface area contributed by atoms with Crippen molar-refractivity contribution in [3.05, 3.63) is 118 Å². The van der Waals surface area contributed by atoms with E-state index in [-0.39, 0.29) is 30.1 Å². The van der Waals surface area contributed by atoms with Crippen LogP contribution in [0.2, 0.25) is 0 Å². The van der Waals surface area contributed by atoms with E-state index in [1.54, 1.807) is 36.4 Å². The molecule has 9 heteroatoms. The summed E-state index contributed by atoms with van der Waals surface area (Å²) in [5.74, 6) is -2.22. The first-order valence-electron chi connectivity index (χ1n) is 11.4. The number of rotatable bonds is 3. The van der Waals surface area contributed by atoms with Crippen LogP contribution in [0.5, 0.6) is 0 Å². The molecule has 37 heavy (non-hydrogen) atoms. The van der Waals surface area contributed by atoms with E-state index in [4.69, 9.17) is 10.5 Å². The number of nitrogens with two attached hydrogens (primary N) is 1. The molecule has 0 fully saturated rings. The topological polar surface area (TPSA) is 99.7 Å². The first-order chi connectivity index (χ1) is 17.9. The molecule has 3 aromatic carbocycles. The number of hydrogen-bond acceptors (Lipinski definition) is 6. The molecule has 0 radical (unpaired) electrons. The highest BCUT2D eigenvalue weighted by atomic mass is 19.1. The molecule has 0 aromatic heterocycles. The Labute approximate surface area is 210 Å². The fraction of sp³-hybridized carbons (Fsp3) is 0.107. The Morgan fingerprint density at radius 3 is 2.30 bits per heavy atom. The van der Waals surface area contributed by atoms with Crippen LogP contribution in [0.3, 0.4) is 0 Å². The van der Waals surface area contributed by atoms with Crippen molar-refractivity contribution < 1.29 is 23.1 Å². The maximum atomic E-state index is 14.4. The summed E-state index contributed by atoms with van der Waals surface area (Å²) in [5.41, 5.74) is 6.91. The van der Waals surface area contributed by atoms with E-state index in [0.717, 1.165) is 0 Å². The molecule has 3 aliphatic rings. The van der Waals surface area contributed by atoms with Gasteiger partial charge in [-0.3, -0.25) is 9.69 Å². The highest BCUT2D eigenvalue weighted by Gasteiger charge is 2.63. The van der Waals surface area contributed by atoms with E-state index in [1.165, 1.54) is 46.2 Å². The first-order valence-corrected chi connectivity index (χ1v) is 11.4. The third kappa shape index (κ3) is 3.02. The number of cyclic esters (lactones) is 1. The van der Waals surface area contributed by atoms with Gasteiger partial charge in [0.2, 0.25) is 5.91 Å². The lowest BCUT2D eigenvalue weighted by molar-refractivity contribution is -0.137. The summed E-state index contributed by atoms with van der Waals surface area (Å²) >= 11 is 0. The quantitative estimate of drug-likeness (QED) is 0.554. The number of anilines is 2. The van der Waals surface area contributed by atoms with Gasteiger partial charge in [-0.1, -0.05) is 30.3 Å². The minimum absolute atomic E-state index is 0.00151. The van der Waals surface area contributed by atoms with Crippen molar-refractivity contribution in [1.82, 2.24) is 0 Å². The summed E-state index contributed by atoms with van der Waals surface area (Å²) in [6.07, 6.45) is 0. The van der Waals surface area contributed by atoms with Crippen LogP contribution in [0.1, 0.15) is 11.1 Å². The molecule has 1 unspecified atom stereocenters. The van der Waals surface area contributed by atoms with Gasteiger partial charge in [0.15, 0.2) is 0 Å². The average Bonchev–Trinajstić information content (AvgIpc) is 3.39. The van der Waals surface area contributed by atoms with Crippen LogP contribution in [0.4, 0.5) is 20.2 Å². The number of nitriles is 1. The predicted molar refractivity (Wildman–Crippen MR) is 129 cm³/mol. The smallest absolute Gasteiger partial charge is 0.338 e. The Bertz CT molecular complexity index is 1590. The van der Waals surface area contributed by atoms with Crippen molar-refractivity contribution in [3.63, 3.8) is 0 Å². The molecular formula is C28H18F2N4O3. The number of halogens is 2. The van der Waals surface area contributed by atoms with Crippen LogP contribution >= 0.6 is 0 Å². The van der Waals surface area contributed by atoms with Crippen molar-refractivity contribution in [2.45, 2.75) is 12.0 Å². The third-order valence-corrected chi connectivity index (χ3v) is 6.97. The second-order valence-corrected chi connectivity index (χ2v) is 8.87. The molecule has 3 heterocycles. The second-order valence-electron chi connectivity index (χ2n) is 8.87. The van der Waals surface area contributed by atoms with E-state index in [2.05, 4.69) is 6.07 Å². The van der Waals surface area contributed by atoms with Gasteiger partial charge in [-0.15, -0.1) is 0 Å². The Hall–Kier alpha value is -4.97. The zero-order valence-electron chi connectivity index (χ0n) is 19.2. The molecule has 182 valence electrons. The Balaban J connectivity index is 1.60. The van der Waals surface area contributed by atoms with Crippen LogP contribution in [-0.2, 0) is 26.3 Å². The molecule has 7 nitrogen and oxygen atoms in total. The van der Waals surface area contributed by atoms with E-state index in [0.29, 0.717) is 28.2 Å². The monoisotopic (exact) mass is 496 g/mol. The van der Waals surface area contributed by atoms with Gasteiger partial charge in [-0.25, -0.2) is 13.6 Å². The van der Waals surface area contributed by atoms with Gasteiger partial charge in [-0.05, 0) is 48.0 Å². The highest BCUT2D eigenvalue weighted by Crippen LogP contribution is 2.56. The fourth-order valence-corrected chi connectivity index (χ4v) is 5.41. The molecule has 0 aliphatic carbocycles. The minimum Gasteiger partial charge on any atom is -0.456 e. The molecule has 0 saturated heterocycles. The number of esters is 1. The second kappa shape index (κ2) is 8.03. The van der Waals surface area contributed by atoms with E-state index >= 15 is 0 Å². The number of nitrogens with zero attached hydrogens (tertiary/aromatic N) is 3. The molecule has 0 saturated carbocycles. The average molecular weight is 496 g/mol. The number of benzene rings is 3. The maximum absolute atomic E-state index is 14.4. The van der Waals surface area contributed by atoms with Crippen LogP contribution in [-0.4, -0.2) is 18.5 Å². The zero-order chi connectivity index (χ0) is 25.9. The summed E-state index contributed by atoms with van der Waals surface area (Å²) in [7, 11) is 0. The number of para-hydroxylation sites is 1. The summed E-state index contributed by atoms with van der Waals surface area (Å²) in [4.78, 5) is 30.6. The van der Waals surface area contributed by atoms with Crippen LogP contribution in [0.25, 0.3) is 0 Å². The van der Waals surface area contributed by atoms with E-state index in [9.17, 15) is 23.6 Å². The highest BCUT2D eigenvalue weighted by molar-refractivity contribution is 6.19. The summed E-state index contributed by atoms with van der Waals surface area (Å²) < 4.78 is 32.6. The number of amides is 1. The van der Waals surface area contributed by atoms with Crippen molar-refractivity contribution in [2.24, 2.45) is 5.73 Å². The van der Waals surface area contributed by atoms with Crippen LogP contribution < -0.4 is 15.5 Å². The van der Waals surface area contributed by atoms with Gasteiger partial charge in [0, 0.05) is 16.9 Å². The maximum Gasteiger partial charge on any atom is 0.338 e. The lowest BCUT2D eigenvalue weighted by Gasteiger charge is -2.38. The Morgan fingerprint density at radius 1 is 0.973 bits per heavy atom. The fourth-order valence-electron chi connectivity index (χ4n) is 5.41. The Kier molecular flexibility index (Phi) is 4.88. The van der Waals surface area contributed by atoms with Crippen molar-refractivity contribution in [1.29, 1.82) is 5.26 Å². The number of ether oxygens (including phenoxy) is 1. The normalized spacial score (nSPS) is 20.4. The number of carbonyl (C=O) groups is 2. The SMILES string of the molecule is N#CC1=C(N)N(c2ccc(F)cc2)C2=C(C(=O)OC2)C12C(=O)N(Cc1ccc(F)cc1)c1ccccc12. The van der Waals surface area contributed by atoms with Gasteiger partial charge in [0.1, 0.15) is 35.5 Å². The van der Waals surface area contributed by atoms with Gasteiger partial charge in [0.05, 0.1) is 23.4 Å². The summed E-state index contributed by atoms with van der Waals surface area (Å²) in [5, 5.41) is 10.4. The first kappa shape index (κ1) is 22.5. The lowest BCUT2D eigenvalue weighted by Crippen LogP contribution is -2.50. The molecule has 1 atom stereocenters. The molecule has 6 rings (SSSR count). The van der Waals surface area contributed by atoms with Crippen molar-refractivity contribution in [2.75, 3.05) is 16.4 Å². The predicted octanol–water partition coefficient (Wildman–Crippen LogP) is 3.77. The van der Waals surface area contributed by atoms with Gasteiger partial charge in [-0.2, -0.15) is 5.26 Å². The molecule has 2 N–H and O–H groups in total. The summed E-state index contributed by atoms with van der Waals surface area (Å²) in [6.45, 7) is -0.101. The van der Waals surface area contributed by atoms with Crippen molar-refractivity contribution >= 4 is 23.3 Å². The molecular weight excluding hydrogens is 478 g/mol. The van der Waals surface area contributed by atoms with E-state index in [1.807, 2.05) is 0 Å².